The fraction of sp³-hybridized carbons (Fsp3) is 0.455. The van der Waals surface area contributed by atoms with Crippen LogP contribution in [-0.4, -0.2) is 0 Å². The molecule has 0 aromatic carbocycles. The quantitative estimate of drug-likeness (QED) is 0.536. The third-order valence-corrected chi connectivity index (χ3v) is 1.27. The molecule has 0 heterocycles. The SMILES string of the molecule is C=C(C)C=CC(=C)CC(C)C. The third-order valence-electron chi connectivity index (χ3n) is 1.27. The summed E-state index contributed by atoms with van der Waals surface area (Å²) in [7, 11) is 0. The van der Waals surface area contributed by atoms with Gasteiger partial charge < -0.3 is 0 Å². The van der Waals surface area contributed by atoms with Gasteiger partial charge in [0.2, 0.25) is 0 Å². The van der Waals surface area contributed by atoms with Crippen molar-refractivity contribution < 1.29 is 0 Å². The summed E-state index contributed by atoms with van der Waals surface area (Å²) in [6.45, 7) is 14.1. The Labute approximate surface area is 70.3 Å². The summed E-state index contributed by atoms with van der Waals surface area (Å²) in [6, 6.07) is 0. The minimum absolute atomic E-state index is 0.692. The van der Waals surface area contributed by atoms with Gasteiger partial charge in [-0.1, -0.05) is 50.3 Å². The molecule has 0 bridgehead atoms. The van der Waals surface area contributed by atoms with Gasteiger partial charge in [-0.25, -0.2) is 0 Å². The molecule has 0 unspecified atom stereocenters. The molecule has 0 aliphatic heterocycles. The van der Waals surface area contributed by atoms with E-state index in [1.165, 1.54) is 5.57 Å². The molecule has 0 amide bonds. The second kappa shape index (κ2) is 4.95. The highest BCUT2D eigenvalue weighted by molar-refractivity contribution is 5.22. The lowest BCUT2D eigenvalue weighted by atomic mass is 10.0. The maximum absolute atomic E-state index is 3.94. The van der Waals surface area contributed by atoms with Gasteiger partial charge in [0.1, 0.15) is 0 Å². The van der Waals surface area contributed by atoms with E-state index in [2.05, 4.69) is 27.0 Å². The minimum atomic E-state index is 0.692. The molecule has 0 saturated heterocycles. The fourth-order valence-electron chi connectivity index (χ4n) is 0.853. The van der Waals surface area contributed by atoms with Gasteiger partial charge in [-0.15, -0.1) is 0 Å². The molecule has 0 N–H and O–H groups in total. The summed E-state index contributed by atoms with van der Waals surface area (Å²) in [5, 5.41) is 0. The molecule has 11 heavy (non-hydrogen) atoms. The first-order valence-electron chi connectivity index (χ1n) is 4.03. The van der Waals surface area contributed by atoms with Crippen molar-refractivity contribution >= 4 is 0 Å². The summed E-state index contributed by atoms with van der Waals surface area (Å²) in [4.78, 5) is 0. The van der Waals surface area contributed by atoms with Crippen molar-refractivity contribution in [3.05, 3.63) is 36.5 Å². The molecule has 62 valence electrons. The maximum atomic E-state index is 3.94. The van der Waals surface area contributed by atoms with E-state index in [0.717, 1.165) is 12.0 Å². The number of allylic oxidation sites excluding steroid dienone is 4. The Morgan fingerprint density at radius 3 is 2.18 bits per heavy atom. The Morgan fingerprint density at radius 1 is 1.27 bits per heavy atom. The van der Waals surface area contributed by atoms with E-state index >= 15 is 0 Å². The van der Waals surface area contributed by atoms with Crippen LogP contribution in [0.25, 0.3) is 0 Å². The van der Waals surface area contributed by atoms with Crippen LogP contribution >= 0.6 is 0 Å². The van der Waals surface area contributed by atoms with Crippen LogP contribution in [0, 0.1) is 5.92 Å². The number of rotatable bonds is 4. The van der Waals surface area contributed by atoms with Crippen molar-refractivity contribution in [3.63, 3.8) is 0 Å². The second-order valence-electron chi connectivity index (χ2n) is 3.44. The summed E-state index contributed by atoms with van der Waals surface area (Å²) in [5.74, 6) is 0.692. The predicted octanol–water partition coefficient (Wildman–Crippen LogP) is 3.72. The second-order valence-corrected chi connectivity index (χ2v) is 3.44. The fourth-order valence-corrected chi connectivity index (χ4v) is 0.853. The lowest BCUT2D eigenvalue weighted by molar-refractivity contribution is 0.651. The minimum Gasteiger partial charge on any atom is -0.0961 e. The average Bonchev–Trinajstić information content (AvgIpc) is 1.82. The summed E-state index contributed by atoms with van der Waals surface area (Å²) < 4.78 is 0. The predicted molar refractivity (Wildman–Crippen MR) is 52.5 cm³/mol. The van der Waals surface area contributed by atoms with Crippen LogP contribution in [0.15, 0.2) is 36.5 Å². The number of hydrogen-bond donors (Lipinski definition) is 0. The van der Waals surface area contributed by atoms with E-state index in [4.69, 9.17) is 0 Å². The Hall–Kier alpha value is -0.780. The third kappa shape index (κ3) is 7.11. The van der Waals surface area contributed by atoms with Crippen molar-refractivity contribution in [2.75, 3.05) is 0 Å². The molecule has 0 rings (SSSR count). The maximum Gasteiger partial charge on any atom is -0.0262 e. The molecule has 0 spiro atoms. The Morgan fingerprint density at radius 2 is 1.82 bits per heavy atom. The van der Waals surface area contributed by atoms with Crippen LogP contribution in [-0.2, 0) is 0 Å². The van der Waals surface area contributed by atoms with Gasteiger partial charge >= 0.3 is 0 Å². The van der Waals surface area contributed by atoms with Crippen molar-refractivity contribution in [2.45, 2.75) is 27.2 Å². The molecule has 0 radical (unpaired) electrons. The average molecular weight is 150 g/mol. The monoisotopic (exact) mass is 150 g/mol. The lowest BCUT2D eigenvalue weighted by Gasteiger charge is -2.02. The topological polar surface area (TPSA) is 0 Å². The molecular formula is C11H18. The highest BCUT2D eigenvalue weighted by Crippen LogP contribution is 2.10. The van der Waals surface area contributed by atoms with Gasteiger partial charge in [-0.2, -0.15) is 0 Å². The molecule has 0 aromatic heterocycles. The lowest BCUT2D eigenvalue weighted by Crippen LogP contribution is -1.87. The molecule has 0 atom stereocenters. The highest BCUT2D eigenvalue weighted by atomic mass is 14.0. The molecule has 0 aliphatic rings. The van der Waals surface area contributed by atoms with Crippen LogP contribution < -0.4 is 0 Å². The first-order valence-corrected chi connectivity index (χ1v) is 4.03. The van der Waals surface area contributed by atoms with Crippen molar-refractivity contribution in [1.29, 1.82) is 0 Å². The smallest absolute Gasteiger partial charge is 0.0262 e. The van der Waals surface area contributed by atoms with Gasteiger partial charge in [0.05, 0.1) is 0 Å². The van der Waals surface area contributed by atoms with E-state index in [9.17, 15) is 0 Å². The summed E-state index contributed by atoms with van der Waals surface area (Å²) in [6.07, 6.45) is 5.12. The Bertz CT molecular complexity index is 170. The molecule has 0 fully saturated rings. The molecule has 0 aromatic rings. The largest absolute Gasteiger partial charge is 0.0961 e. The zero-order valence-electron chi connectivity index (χ0n) is 7.85. The zero-order valence-corrected chi connectivity index (χ0v) is 7.85. The van der Waals surface area contributed by atoms with E-state index in [0.29, 0.717) is 5.92 Å². The van der Waals surface area contributed by atoms with Crippen LogP contribution in [0.2, 0.25) is 0 Å². The van der Waals surface area contributed by atoms with Crippen molar-refractivity contribution in [1.82, 2.24) is 0 Å². The van der Waals surface area contributed by atoms with Crippen LogP contribution in [0.1, 0.15) is 27.2 Å². The number of hydrogen-bond acceptors (Lipinski definition) is 0. The summed E-state index contributed by atoms with van der Waals surface area (Å²) in [5.41, 5.74) is 2.26. The van der Waals surface area contributed by atoms with E-state index in [-0.39, 0.29) is 0 Å². The molecule has 0 saturated carbocycles. The van der Waals surface area contributed by atoms with Crippen molar-refractivity contribution in [3.8, 4) is 0 Å². The molecule has 0 nitrogen and oxygen atoms in total. The standard InChI is InChI=1S/C11H18/c1-9(2)6-7-11(5)8-10(3)4/h6-7,10H,1,5,8H2,2-4H3. The van der Waals surface area contributed by atoms with Gasteiger partial charge in [-0.05, 0) is 19.3 Å². The van der Waals surface area contributed by atoms with E-state index in [1.54, 1.807) is 0 Å². The van der Waals surface area contributed by atoms with Gasteiger partial charge in [0.25, 0.3) is 0 Å². The van der Waals surface area contributed by atoms with E-state index < -0.39 is 0 Å². The highest BCUT2D eigenvalue weighted by Gasteiger charge is 1.93. The van der Waals surface area contributed by atoms with E-state index in [1.807, 2.05) is 19.1 Å². The van der Waals surface area contributed by atoms with Crippen LogP contribution in [0.4, 0.5) is 0 Å². The summed E-state index contributed by atoms with van der Waals surface area (Å²) >= 11 is 0. The van der Waals surface area contributed by atoms with Crippen LogP contribution in [0.3, 0.4) is 0 Å². The first kappa shape index (κ1) is 10.2. The normalized spacial score (nSPS) is 10.9. The Balaban J connectivity index is 3.78. The van der Waals surface area contributed by atoms with Crippen molar-refractivity contribution in [2.24, 2.45) is 5.92 Å². The molecular weight excluding hydrogens is 132 g/mol. The Kier molecular flexibility index (Phi) is 4.60. The first-order chi connectivity index (χ1) is 5.02. The zero-order chi connectivity index (χ0) is 8.85. The van der Waals surface area contributed by atoms with Gasteiger partial charge in [0.15, 0.2) is 0 Å². The molecule has 0 aliphatic carbocycles. The molecule has 0 heteroatoms. The van der Waals surface area contributed by atoms with Gasteiger partial charge in [0, 0.05) is 0 Å². The van der Waals surface area contributed by atoms with Gasteiger partial charge in [-0.3, -0.25) is 0 Å². The van der Waals surface area contributed by atoms with Crippen LogP contribution in [0.5, 0.6) is 0 Å².